The van der Waals surface area contributed by atoms with E-state index < -0.39 is 0 Å². The topological polar surface area (TPSA) is 47.6 Å². The van der Waals surface area contributed by atoms with Crippen LogP contribution in [0.25, 0.3) is 5.57 Å². The van der Waals surface area contributed by atoms with Gasteiger partial charge in [0, 0.05) is 44.0 Å². The number of nitrogens with one attached hydrogen (secondary N) is 2. The van der Waals surface area contributed by atoms with Crippen molar-refractivity contribution in [2.45, 2.75) is 73.4 Å². The van der Waals surface area contributed by atoms with Gasteiger partial charge in [-0.15, -0.1) is 0 Å². The smallest absolute Gasteiger partial charge is 0.251 e. The van der Waals surface area contributed by atoms with Crippen LogP contribution in [0.1, 0.15) is 74.3 Å². The van der Waals surface area contributed by atoms with Gasteiger partial charge in [0.15, 0.2) is 0 Å². The summed E-state index contributed by atoms with van der Waals surface area (Å²) >= 11 is 0. The third kappa shape index (κ3) is 11.3. The molecule has 0 spiro atoms. The molecule has 5 nitrogen and oxygen atoms in total. The Balaban J connectivity index is 1.58. The fraction of sp³-hybridized carbons (Fsp3) is 0.447. The van der Waals surface area contributed by atoms with Crippen LogP contribution < -0.4 is 10.6 Å². The van der Waals surface area contributed by atoms with Gasteiger partial charge >= 0.3 is 0 Å². The first-order chi connectivity index (χ1) is 20.7. The summed E-state index contributed by atoms with van der Waals surface area (Å²) in [5, 5.41) is 6.73. The van der Waals surface area contributed by atoms with Gasteiger partial charge in [-0.25, -0.2) is 0 Å². The van der Waals surface area contributed by atoms with E-state index in [4.69, 9.17) is 0 Å². The molecule has 3 rings (SSSR count). The van der Waals surface area contributed by atoms with E-state index in [9.17, 15) is 4.79 Å². The van der Waals surface area contributed by atoms with Crippen LogP contribution in [-0.4, -0.2) is 55.0 Å². The molecule has 232 valence electrons. The molecule has 1 saturated heterocycles. The van der Waals surface area contributed by atoms with Crippen LogP contribution in [-0.2, 0) is 17.9 Å². The van der Waals surface area contributed by atoms with Crippen molar-refractivity contribution in [2.24, 2.45) is 0 Å². The van der Waals surface area contributed by atoms with Crippen LogP contribution in [0.15, 0.2) is 84.6 Å². The number of carbonyl (C=O) groups is 1. The second-order valence-electron chi connectivity index (χ2n) is 12.1. The van der Waals surface area contributed by atoms with Gasteiger partial charge in [-0.3, -0.25) is 9.69 Å². The van der Waals surface area contributed by atoms with Gasteiger partial charge in [0.25, 0.3) is 5.91 Å². The van der Waals surface area contributed by atoms with Gasteiger partial charge in [0.05, 0.1) is 0 Å². The zero-order chi connectivity index (χ0) is 31.2. The molecule has 1 fully saturated rings. The van der Waals surface area contributed by atoms with Crippen LogP contribution in [0.5, 0.6) is 0 Å². The van der Waals surface area contributed by atoms with Crippen molar-refractivity contribution in [3.8, 4) is 0 Å². The Morgan fingerprint density at radius 1 is 0.884 bits per heavy atom. The lowest BCUT2D eigenvalue weighted by molar-refractivity contribution is -0.117. The van der Waals surface area contributed by atoms with Gasteiger partial charge in [0.1, 0.15) is 0 Å². The molecule has 43 heavy (non-hydrogen) atoms. The highest BCUT2D eigenvalue weighted by molar-refractivity contribution is 5.96. The normalized spacial score (nSPS) is 16.8. The van der Waals surface area contributed by atoms with Gasteiger partial charge in [-0.05, 0) is 113 Å². The van der Waals surface area contributed by atoms with Crippen LogP contribution in [0.4, 0.5) is 0 Å². The maximum absolute atomic E-state index is 13.0. The molecule has 1 amide bonds. The molecule has 2 aromatic rings. The summed E-state index contributed by atoms with van der Waals surface area (Å²) < 4.78 is 0. The van der Waals surface area contributed by atoms with E-state index in [2.05, 4.69) is 111 Å². The van der Waals surface area contributed by atoms with Crippen LogP contribution in [0.3, 0.4) is 0 Å². The minimum atomic E-state index is -0.0942. The van der Waals surface area contributed by atoms with Crippen molar-refractivity contribution in [1.29, 1.82) is 0 Å². The van der Waals surface area contributed by atoms with E-state index in [1.807, 2.05) is 6.08 Å². The first-order valence-corrected chi connectivity index (χ1v) is 16.0. The van der Waals surface area contributed by atoms with Gasteiger partial charge < -0.3 is 15.5 Å². The van der Waals surface area contributed by atoms with E-state index in [0.717, 1.165) is 75.4 Å². The zero-order valence-corrected chi connectivity index (χ0v) is 27.4. The molecule has 1 aliphatic rings. The number of hydrogen-bond acceptors (Lipinski definition) is 4. The summed E-state index contributed by atoms with van der Waals surface area (Å²) in [5.41, 5.74) is 10.2. The Bertz CT molecular complexity index is 1290. The Kier molecular flexibility index (Phi) is 14.0. The number of hydrogen-bond donors (Lipinski definition) is 2. The Morgan fingerprint density at radius 3 is 2.28 bits per heavy atom. The standard InChI is InChI=1S/C38H54N4O/c1-8-36(38(43)40-27-35-14-13-30(4)31(5)25-35)26-32(6)33(7)42-23-11-9-10-21-41(22-12-19-39-20-24-42)28-34-15-17-37(18-16-34)29(2)3/h8,13-18,25-26,39H,1-2,9-12,19-24,27-28H2,3-7H3,(H,40,43)/b33-32+,36-26+. The average molecular weight is 583 g/mol. The fourth-order valence-electron chi connectivity index (χ4n) is 5.45. The lowest BCUT2D eigenvalue weighted by atomic mass is 10.1. The molecule has 0 atom stereocenters. The van der Waals surface area contributed by atoms with Crippen LogP contribution >= 0.6 is 0 Å². The Morgan fingerprint density at radius 2 is 1.58 bits per heavy atom. The van der Waals surface area contributed by atoms with Crippen LogP contribution in [0.2, 0.25) is 0 Å². The van der Waals surface area contributed by atoms with Crippen molar-refractivity contribution in [2.75, 3.05) is 39.3 Å². The SMILES string of the molecule is C=C/C(=C\C(C)=C(/C)N1CCCCCN(Cc2ccc(C(=C)C)cc2)CCCNCC1)C(=O)NCc1ccc(C)c(C)c1. The quantitative estimate of drug-likeness (QED) is 0.240. The van der Waals surface area contributed by atoms with Gasteiger partial charge in [-0.1, -0.05) is 73.7 Å². The first-order valence-electron chi connectivity index (χ1n) is 16.0. The lowest BCUT2D eigenvalue weighted by Crippen LogP contribution is -2.33. The summed E-state index contributed by atoms with van der Waals surface area (Å²) in [4.78, 5) is 18.1. The number of rotatable bonds is 9. The minimum absolute atomic E-state index is 0.0942. The van der Waals surface area contributed by atoms with E-state index in [0.29, 0.717) is 12.1 Å². The van der Waals surface area contributed by atoms with E-state index in [1.54, 1.807) is 6.08 Å². The fourth-order valence-corrected chi connectivity index (χ4v) is 5.45. The number of amides is 1. The zero-order valence-electron chi connectivity index (χ0n) is 27.4. The molecule has 0 saturated carbocycles. The predicted octanol–water partition coefficient (Wildman–Crippen LogP) is 7.33. The monoisotopic (exact) mass is 582 g/mol. The minimum Gasteiger partial charge on any atom is -0.374 e. The third-order valence-electron chi connectivity index (χ3n) is 8.57. The van der Waals surface area contributed by atoms with Crippen molar-refractivity contribution >= 4 is 11.5 Å². The van der Waals surface area contributed by atoms with E-state index >= 15 is 0 Å². The number of nitrogens with zero attached hydrogens (tertiary/aromatic N) is 2. The van der Waals surface area contributed by atoms with Crippen molar-refractivity contribution < 1.29 is 4.79 Å². The van der Waals surface area contributed by atoms with Crippen molar-refractivity contribution in [3.63, 3.8) is 0 Å². The molecule has 1 heterocycles. The molecule has 0 bridgehead atoms. The molecule has 5 heteroatoms. The number of carbonyl (C=O) groups excluding carboxylic acids is 1. The maximum atomic E-state index is 13.0. The summed E-state index contributed by atoms with van der Waals surface area (Å²) in [6.07, 6.45) is 8.34. The number of aryl methyl sites for hydroxylation is 2. The molecule has 2 aromatic carbocycles. The highest BCUT2D eigenvalue weighted by Crippen LogP contribution is 2.17. The van der Waals surface area contributed by atoms with E-state index in [-0.39, 0.29) is 5.91 Å². The molecule has 0 aliphatic carbocycles. The molecular formula is C38H54N4O. The summed E-state index contributed by atoms with van der Waals surface area (Å²) in [6.45, 7) is 26.2. The Labute approximate surface area is 261 Å². The molecule has 2 N–H and O–H groups in total. The highest BCUT2D eigenvalue weighted by atomic mass is 16.1. The Hall–Kier alpha value is -3.41. The second-order valence-corrected chi connectivity index (χ2v) is 12.1. The average Bonchev–Trinajstić information content (AvgIpc) is 3.02. The van der Waals surface area contributed by atoms with Crippen molar-refractivity contribution in [3.05, 3.63) is 112 Å². The van der Waals surface area contributed by atoms with Crippen molar-refractivity contribution in [1.82, 2.24) is 20.4 Å². The molecule has 0 radical (unpaired) electrons. The van der Waals surface area contributed by atoms with Gasteiger partial charge in [0.2, 0.25) is 0 Å². The lowest BCUT2D eigenvalue weighted by Gasteiger charge is -2.27. The summed E-state index contributed by atoms with van der Waals surface area (Å²) in [7, 11) is 0. The van der Waals surface area contributed by atoms with Gasteiger partial charge in [-0.2, -0.15) is 0 Å². The number of benzene rings is 2. The predicted molar refractivity (Wildman–Crippen MR) is 184 cm³/mol. The largest absolute Gasteiger partial charge is 0.374 e. The molecular weight excluding hydrogens is 528 g/mol. The first kappa shape index (κ1) is 34.1. The van der Waals surface area contributed by atoms with E-state index in [1.165, 1.54) is 40.8 Å². The molecule has 0 aromatic heterocycles. The summed E-state index contributed by atoms with van der Waals surface area (Å²) in [6, 6.07) is 15.2. The van der Waals surface area contributed by atoms with Crippen LogP contribution in [0, 0.1) is 13.8 Å². The summed E-state index contributed by atoms with van der Waals surface area (Å²) in [5.74, 6) is -0.0942. The maximum Gasteiger partial charge on any atom is 0.251 e. The molecule has 1 aliphatic heterocycles. The highest BCUT2D eigenvalue weighted by Gasteiger charge is 2.13. The number of allylic oxidation sites excluding steroid dienone is 4. The molecule has 0 unspecified atom stereocenters. The third-order valence-corrected chi connectivity index (χ3v) is 8.57. The second kappa shape index (κ2) is 17.6.